The second-order valence-electron chi connectivity index (χ2n) is 5.06. The van der Waals surface area contributed by atoms with E-state index < -0.39 is 5.60 Å². The van der Waals surface area contributed by atoms with Crippen molar-refractivity contribution < 1.29 is 14.6 Å². The number of carbonyl (C=O) groups excluding carboxylic acids is 1. The van der Waals surface area contributed by atoms with Crippen LogP contribution in [0.4, 0.5) is 0 Å². The van der Waals surface area contributed by atoms with Crippen LogP contribution in [0.2, 0.25) is 0 Å². The van der Waals surface area contributed by atoms with Crippen molar-refractivity contribution in [2.75, 3.05) is 19.7 Å². The van der Waals surface area contributed by atoms with Crippen molar-refractivity contribution in [3.05, 3.63) is 10.6 Å². The van der Waals surface area contributed by atoms with E-state index in [0.29, 0.717) is 23.7 Å². The van der Waals surface area contributed by atoms with Gasteiger partial charge in [-0.15, -0.1) is 5.10 Å². The summed E-state index contributed by atoms with van der Waals surface area (Å²) in [5.41, 5.74) is 0.197. The van der Waals surface area contributed by atoms with E-state index in [1.165, 1.54) is 0 Å². The molecule has 0 radical (unpaired) electrons. The lowest BCUT2D eigenvalue weighted by Gasteiger charge is -2.42. The monoisotopic (exact) mass is 271 g/mol. The van der Waals surface area contributed by atoms with Crippen LogP contribution in [0.5, 0.6) is 0 Å². The zero-order chi connectivity index (χ0) is 13.3. The highest BCUT2D eigenvalue weighted by Gasteiger charge is 2.36. The van der Waals surface area contributed by atoms with Crippen LogP contribution in [0.3, 0.4) is 0 Å². The normalized spacial score (nSPS) is 23.1. The molecule has 0 spiro atoms. The Labute approximate surface area is 110 Å². The molecule has 0 bridgehead atoms. The number of aliphatic hydroxyl groups excluding tert-OH is 1. The van der Waals surface area contributed by atoms with E-state index in [4.69, 9.17) is 4.74 Å². The second kappa shape index (κ2) is 4.91. The number of carbonyl (C=O) groups is 1. The molecule has 1 N–H and O–H groups in total. The molecule has 1 unspecified atom stereocenters. The first-order valence-corrected chi connectivity index (χ1v) is 6.57. The first-order chi connectivity index (χ1) is 8.43. The molecule has 6 nitrogen and oxygen atoms in total. The molecule has 1 aliphatic heterocycles. The van der Waals surface area contributed by atoms with Gasteiger partial charge in [0.15, 0.2) is 0 Å². The lowest BCUT2D eigenvalue weighted by atomic mass is 10.0. The van der Waals surface area contributed by atoms with Gasteiger partial charge in [-0.05, 0) is 32.3 Å². The largest absolute Gasteiger partial charge is 0.394 e. The minimum Gasteiger partial charge on any atom is -0.394 e. The number of morpholine rings is 1. The lowest BCUT2D eigenvalue weighted by molar-refractivity contribution is -0.139. The summed E-state index contributed by atoms with van der Waals surface area (Å²) < 4.78 is 9.46. The van der Waals surface area contributed by atoms with Crippen LogP contribution in [-0.2, 0) is 4.74 Å². The van der Waals surface area contributed by atoms with Crippen LogP contribution in [-0.4, -0.2) is 56.9 Å². The molecule has 1 aliphatic rings. The molecule has 1 aromatic rings. The minimum absolute atomic E-state index is 0.0858. The third kappa shape index (κ3) is 2.68. The van der Waals surface area contributed by atoms with E-state index in [-0.39, 0.29) is 18.6 Å². The fraction of sp³-hybridized carbons (Fsp3) is 0.727. The van der Waals surface area contributed by atoms with Crippen LogP contribution in [0, 0.1) is 6.92 Å². The van der Waals surface area contributed by atoms with Crippen LogP contribution < -0.4 is 0 Å². The second-order valence-corrected chi connectivity index (χ2v) is 5.81. The summed E-state index contributed by atoms with van der Waals surface area (Å²) in [5.74, 6) is -0.0858. The van der Waals surface area contributed by atoms with Crippen molar-refractivity contribution in [1.29, 1.82) is 0 Å². The maximum Gasteiger partial charge on any atom is 0.267 e. The Morgan fingerprint density at radius 2 is 2.39 bits per heavy atom. The molecule has 0 aromatic carbocycles. The van der Waals surface area contributed by atoms with Gasteiger partial charge in [-0.25, -0.2) is 0 Å². The summed E-state index contributed by atoms with van der Waals surface area (Å²) >= 11 is 1.10. The van der Waals surface area contributed by atoms with Crippen LogP contribution >= 0.6 is 11.5 Å². The van der Waals surface area contributed by atoms with Gasteiger partial charge in [-0.1, -0.05) is 4.49 Å². The maximum absolute atomic E-state index is 12.4. The van der Waals surface area contributed by atoms with Gasteiger partial charge in [-0.3, -0.25) is 4.79 Å². The highest BCUT2D eigenvalue weighted by molar-refractivity contribution is 7.07. The third-order valence-electron chi connectivity index (χ3n) is 2.82. The Morgan fingerprint density at radius 1 is 1.67 bits per heavy atom. The van der Waals surface area contributed by atoms with Gasteiger partial charge < -0.3 is 14.7 Å². The first kappa shape index (κ1) is 13.4. The highest BCUT2D eigenvalue weighted by Crippen LogP contribution is 2.23. The zero-order valence-corrected chi connectivity index (χ0v) is 11.5. The van der Waals surface area contributed by atoms with Crippen LogP contribution in [0.25, 0.3) is 0 Å². The molecule has 1 amide bonds. The third-order valence-corrected chi connectivity index (χ3v) is 3.63. The number of rotatable bonds is 2. The van der Waals surface area contributed by atoms with Crippen molar-refractivity contribution in [3.63, 3.8) is 0 Å². The molecule has 1 aromatic heterocycles. The standard InChI is InChI=1S/C11H17N3O3S/c1-7-9(18-13-12-7)10(16)14-4-8(5-15)17-11(2,3)6-14/h8,15H,4-6H2,1-3H3. The Morgan fingerprint density at radius 3 is 2.94 bits per heavy atom. The number of amides is 1. The van der Waals surface area contributed by atoms with E-state index >= 15 is 0 Å². The average molecular weight is 271 g/mol. The Hall–Kier alpha value is -1.05. The number of ether oxygens (including phenoxy) is 1. The molecule has 1 fully saturated rings. The average Bonchev–Trinajstić information content (AvgIpc) is 2.72. The number of nitrogens with zero attached hydrogens (tertiary/aromatic N) is 3. The molecule has 0 aliphatic carbocycles. The molecule has 18 heavy (non-hydrogen) atoms. The van der Waals surface area contributed by atoms with Gasteiger partial charge in [-0.2, -0.15) is 0 Å². The zero-order valence-electron chi connectivity index (χ0n) is 10.7. The predicted octanol–water partition coefficient (Wildman–Crippen LogP) is 0.458. The smallest absolute Gasteiger partial charge is 0.267 e. The summed E-state index contributed by atoms with van der Waals surface area (Å²) in [6.07, 6.45) is -0.334. The molecule has 0 saturated carbocycles. The lowest BCUT2D eigenvalue weighted by Crippen LogP contribution is -2.55. The minimum atomic E-state index is -0.451. The quantitative estimate of drug-likeness (QED) is 0.845. The van der Waals surface area contributed by atoms with Crippen molar-refractivity contribution in [3.8, 4) is 0 Å². The summed E-state index contributed by atoms with van der Waals surface area (Å²) in [7, 11) is 0. The molecular formula is C11H17N3O3S. The first-order valence-electron chi connectivity index (χ1n) is 5.80. The van der Waals surface area contributed by atoms with E-state index in [1.807, 2.05) is 13.8 Å². The SMILES string of the molecule is Cc1nnsc1C(=O)N1CC(CO)OC(C)(C)C1. The Bertz CT molecular complexity index is 446. The van der Waals surface area contributed by atoms with Gasteiger partial charge in [0.05, 0.1) is 24.0 Å². The molecule has 1 saturated heterocycles. The predicted molar refractivity (Wildman–Crippen MR) is 66.6 cm³/mol. The van der Waals surface area contributed by atoms with E-state index in [0.717, 1.165) is 11.5 Å². The van der Waals surface area contributed by atoms with Crippen molar-refractivity contribution >= 4 is 17.4 Å². The van der Waals surface area contributed by atoms with Gasteiger partial charge in [0.1, 0.15) is 4.88 Å². The van der Waals surface area contributed by atoms with Crippen molar-refractivity contribution in [2.24, 2.45) is 0 Å². The van der Waals surface area contributed by atoms with E-state index in [2.05, 4.69) is 9.59 Å². The van der Waals surface area contributed by atoms with Crippen molar-refractivity contribution in [1.82, 2.24) is 14.5 Å². The Balaban J connectivity index is 2.17. The summed E-state index contributed by atoms with van der Waals surface area (Å²) in [4.78, 5) is 14.6. The molecule has 2 heterocycles. The summed E-state index contributed by atoms with van der Waals surface area (Å²) in [5, 5.41) is 13.1. The number of hydrogen-bond donors (Lipinski definition) is 1. The van der Waals surface area contributed by atoms with Crippen molar-refractivity contribution in [2.45, 2.75) is 32.5 Å². The summed E-state index contributed by atoms with van der Waals surface area (Å²) in [6, 6.07) is 0. The van der Waals surface area contributed by atoms with Crippen LogP contribution in [0.1, 0.15) is 29.2 Å². The fourth-order valence-corrected chi connectivity index (χ4v) is 2.74. The van der Waals surface area contributed by atoms with E-state index in [9.17, 15) is 9.90 Å². The number of hydrogen-bond acceptors (Lipinski definition) is 6. The Kier molecular flexibility index (Phi) is 3.65. The van der Waals surface area contributed by atoms with Crippen LogP contribution in [0.15, 0.2) is 0 Å². The number of aryl methyl sites for hydroxylation is 1. The molecule has 7 heteroatoms. The van der Waals surface area contributed by atoms with Gasteiger partial charge in [0, 0.05) is 13.1 Å². The van der Waals surface area contributed by atoms with Gasteiger partial charge in [0.25, 0.3) is 5.91 Å². The number of aromatic nitrogens is 2. The van der Waals surface area contributed by atoms with Gasteiger partial charge >= 0.3 is 0 Å². The maximum atomic E-state index is 12.4. The highest BCUT2D eigenvalue weighted by atomic mass is 32.1. The topological polar surface area (TPSA) is 75.6 Å². The number of aliphatic hydroxyl groups is 1. The summed E-state index contributed by atoms with van der Waals surface area (Å²) in [6.45, 7) is 6.40. The van der Waals surface area contributed by atoms with Gasteiger partial charge in [0.2, 0.25) is 0 Å². The molecule has 2 rings (SSSR count). The molecular weight excluding hydrogens is 254 g/mol. The van der Waals surface area contributed by atoms with E-state index in [1.54, 1.807) is 11.8 Å². The molecule has 1 atom stereocenters. The fourth-order valence-electron chi connectivity index (χ4n) is 2.12. The molecule has 100 valence electrons.